The summed E-state index contributed by atoms with van der Waals surface area (Å²) in [4.78, 5) is 65.9. The van der Waals surface area contributed by atoms with Crippen LogP contribution in [-0.4, -0.2) is 110 Å². The zero-order valence-electron chi connectivity index (χ0n) is 39.3. The Morgan fingerprint density at radius 2 is 1.19 bits per heavy atom. The van der Waals surface area contributed by atoms with Gasteiger partial charge < -0.3 is 44.6 Å². The smallest absolute Gasteiger partial charge is 0.462 e. The first-order valence-corrected chi connectivity index (χ1v) is 26.5. The summed E-state index contributed by atoms with van der Waals surface area (Å²) in [5.74, 6) is -2.62. The minimum absolute atomic E-state index is 0.00545. The number of phosphoric ester groups is 2. The lowest BCUT2D eigenvalue weighted by atomic mass is 9.87. The van der Waals surface area contributed by atoms with E-state index < -0.39 is 96.4 Å². The van der Waals surface area contributed by atoms with Crippen LogP contribution in [0.3, 0.4) is 0 Å². The summed E-state index contributed by atoms with van der Waals surface area (Å²) in [7, 11) is -9.86. The molecule has 0 bridgehead atoms. The van der Waals surface area contributed by atoms with Gasteiger partial charge in [-0.3, -0.25) is 28.0 Å². The molecule has 1 saturated carbocycles. The Morgan fingerprint density at radius 1 is 0.642 bits per heavy atom. The van der Waals surface area contributed by atoms with Crippen molar-refractivity contribution in [3.05, 3.63) is 85.1 Å². The number of rotatable bonds is 39. The summed E-state index contributed by atoms with van der Waals surface area (Å²) in [6, 6.07) is 0. The maximum absolute atomic E-state index is 12.9. The topological polar surface area (TPSA) is 273 Å². The zero-order chi connectivity index (χ0) is 49.8. The van der Waals surface area contributed by atoms with Crippen molar-refractivity contribution in [2.24, 2.45) is 11.8 Å². The van der Waals surface area contributed by atoms with Gasteiger partial charge in [-0.2, -0.15) is 0 Å². The lowest BCUT2D eigenvalue weighted by Gasteiger charge is -2.21. The summed E-state index contributed by atoms with van der Waals surface area (Å²) >= 11 is 0. The number of carbonyl (C=O) groups excluding carboxylic acids is 3. The number of allylic oxidation sites excluding steroid dienone is 12. The van der Waals surface area contributed by atoms with Crippen LogP contribution in [0.2, 0.25) is 0 Å². The number of carbonyl (C=O) groups is 3. The Morgan fingerprint density at radius 3 is 1.78 bits per heavy atom. The highest BCUT2D eigenvalue weighted by atomic mass is 31.2. The molecular weight excluding hydrogens is 910 g/mol. The molecule has 0 amide bonds. The van der Waals surface area contributed by atoms with Crippen LogP contribution in [0.4, 0.5) is 0 Å². The SMILES string of the molecule is CC/C=C\C/C=C\C/C=C\C/C=C\C/C=C\C/C=C\CCC(=O)OC[C@H](COP(=O)(O)OC[C@@H](O)COP(=O)(O)O)OC(=O)CCCCC(=O)C[C@@H]1[C@@H](/C=C/[C@@H](O)CCCCC)[C@H](O)C[C@@H]1O. The van der Waals surface area contributed by atoms with Crippen molar-refractivity contribution in [1.82, 2.24) is 0 Å². The van der Waals surface area contributed by atoms with Gasteiger partial charge in [0.2, 0.25) is 0 Å². The predicted octanol–water partition coefficient (Wildman–Crippen LogP) is 7.90. The highest BCUT2D eigenvalue weighted by Crippen LogP contribution is 2.44. The van der Waals surface area contributed by atoms with Gasteiger partial charge in [-0.25, -0.2) is 9.13 Å². The molecule has 19 heteroatoms. The fourth-order valence-corrected chi connectivity index (χ4v) is 7.82. The number of ether oxygens (including phenoxy) is 2. The van der Waals surface area contributed by atoms with Crippen molar-refractivity contribution >= 4 is 33.4 Å². The molecule has 1 fully saturated rings. The van der Waals surface area contributed by atoms with E-state index in [1.807, 2.05) is 24.3 Å². The van der Waals surface area contributed by atoms with Crippen molar-refractivity contribution in [3.63, 3.8) is 0 Å². The molecule has 67 heavy (non-hydrogen) atoms. The number of esters is 2. The first-order valence-electron chi connectivity index (χ1n) is 23.5. The van der Waals surface area contributed by atoms with Crippen LogP contribution < -0.4 is 0 Å². The fourth-order valence-electron chi connectivity index (χ4n) is 6.66. The monoisotopic (exact) mass is 988 g/mol. The molecule has 0 aromatic carbocycles. The standard InChI is InChI=1S/C48H78O17P2/c1-3-5-7-8-9-10-11-12-13-14-15-16-17-18-19-20-21-22-24-29-47(54)61-37-42(38-64-67(59,60)63-36-41(51)35-62-66(56,57)58)65-48(55)30-26-25-28-40(50)33-44-43(45(52)34-46(44)53)32-31-39(49)27-23-6-4-2/h5,7,9-10,12-13,15-16,18-19,21-22,31-32,39,41-46,49,51-53H,3-4,6,8,11,14,17,20,23-30,33-38H2,1-2H3,(H,59,60)(H2,56,57,58)/b7-5-,10-9-,13-12-,16-15-,19-18-,22-21-,32-31+/t39-,41-,42+,43+,44+,45+,46-/m0/s1. The first-order chi connectivity index (χ1) is 32.0. The quantitative estimate of drug-likeness (QED) is 0.0133. The minimum Gasteiger partial charge on any atom is -0.462 e. The van der Waals surface area contributed by atoms with E-state index >= 15 is 0 Å². The molecule has 0 radical (unpaired) electrons. The van der Waals surface area contributed by atoms with Crippen molar-refractivity contribution in [3.8, 4) is 0 Å². The van der Waals surface area contributed by atoms with Crippen molar-refractivity contribution in [2.75, 3.05) is 26.4 Å². The van der Waals surface area contributed by atoms with Gasteiger partial charge in [0.15, 0.2) is 6.10 Å². The van der Waals surface area contributed by atoms with Crippen molar-refractivity contribution in [2.45, 2.75) is 160 Å². The van der Waals surface area contributed by atoms with Crippen LogP contribution in [0.1, 0.15) is 129 Å². The highest BCUT2D eigenvalue weighted by Gasteiger charge is 2.41. The molecule has 0 saturated heterocycles. The second-order valence-electron chi connectivity index (χ2n) is 16.3. The Labute approximate surface area is 397 Å². The van der Waals surface area contributed by atoms with Crippen LogP contribution in [0.5, 0.6) is 0 Å². The Balaban J connectivity index is 2.62. The van der Waals surface area contributed by atoms with Gasteiger partial charge >= 0.3 is 27.6 Å². The summed E-state index contributed by atoms with van der Waals surface area (Å²) in [6.07, 6.45) is 32.2. The molecule has 0 aromatic rings. The summed E-state index contributed by atoms with van der Waals surface area (Å²) < 4.78 is 47.7. The maximum atomic E-state index is 12.9. The predicted molar refractivity (Wildman–Crippen MR) is 255 cm³/mol. The van der Waals surface area contributed by atoms with Gasteiger partial charge in [0, 0.05) is 43.9 Å². The molecule has 382 valence electrons. The van der Waals surface area contributed by atoms with Gasteiger partial charge in [0.1, 0.15) is 18.5 Å². The molecule has 1 rings (SSSR count). The fraction of sp³-hybridized carbons (Fsp3) is 0.646. The minimum atomic E-state index is -4.94. The summed E-state index contributed by atoms with van der Waals surface area (Å²) in [5, 5.41) is 41.1. The molecule has 8 atom stereocenters. The third kappa shape index (κ3) is 34.7. The molecule has 0 aromatic heterocycles. The zero-order valence-corrected chi connectivity index (χ0v) is 41.1. The number of ketones is 1. The second-order valence-corrected chi connectivity index (χ2v) is 19.0. The largest absolute Gasteiger partial charge is 0.472 e. The van der Waals surface area contributed by atoms with E-state index in [1.54, 1.807) is 12.2 Å². The van der Waals surface area contributed by atoms with Crippen LogP contribution >= 0.6 is 15.6 Å². The normalized spacial score (nSPS) is 20.6. The summed E-state index contributed by atoms with van der Waals surface area (Å²) in [6.45, 7) is 1.01. The van der Waals surface area contributed by atoms with Crippen LogP contribution in [0.25, 0.3) is 0 Å². The number of phosphoric acid groups is 2. The average Bonchev–Trinajstić information content (AvgIpc) is 3.54. The van der Waals surface area contributed by atoms with E-state index in [0.717, 1.165) is 51.4 Å². The number of hydrogen-bond donors (Lipinski definition) is 7. The van der Waals surface area contributed by atoms with Crippen molar-refractivity contribution < 1.29 is 81.7 Å². The molecule has 1 aliphatic rings. The van der Waals surface area contributed by atoms with E-state index in [9.17, 15) is 48.8 Å². The molecule has 0 aliphatic heterocycles. The molecule has 1 aliphatic carbocycles. The first kappa shape index (κ1) is 61.9. The van der Waals surface area contributed by atoms with Gasteiger partial charge in [0.25, 0.3) is 0 Å². The van der Waals surface area contributed by atoms with Gasteiger partial charge in [-0.1, -0.05) is 118 Å². The molecule has 1 unspecified atom stereocenters. The maximum Gasteiger partial charge on any atom is 0.472 e. The second kappa shape index (κ2) is 37.7. The van der Waals surface area contributed by atoms with E-state index in [2.05, 4.69) is 71.5 Å². The van der Waals surface area contributed by atoms with Gasteiger partial charge in [0.05, 0.1) is 38.1 Å². The number of Topliss-reactive ketones (excluding diaryl/α,β-unsaturated/α-hetero) is 1. The van der Waals surface area contributed by atoms with E-state index in [1.165, 1.54) is 0 Å². The van der Waals surface area contributed by atoms with Crippen molar-refractivity contribution in [1.29, 1.82) is 0 Å². The highest BCUT2D eigenvalue weighted by molar-refractivity contribution is 7.47. The Hall–Kier alpha value is -3.15. The average molecular weight is 989 g/mol. The molecule has 0 spiro atoms. The third-order valence-corrected chi connectivity index (χ3v) is 11.7. The lowest BCUT2D eigenvalue weighted by molar-refractivity contribution is -0.161. The number of hydrogen-bond acceptors (Lipinski definition) is 14. The van der Waals surface area contributed by atoms with Crippen LogP contribution in [0.15, 0.2) is 85.1 Å². The Kier molecular flexibility index (Phi) is 34.8. The number of aliphatic hydroxyl groups is 4. The van der Waals surface area contributed by atoms with Gasteiger partial charge in [-0.15, -0.1) is 0 Å². The van der Waals surface area contributed by atoms with Crippen LogP contribution in [0, 0.1) is 11.8 Å². The molecule has 7 N–H and O–H groups in total. The molecular formula is C48H78O17P2. The molecule has 0 heterocycles. The Bertz CT molecular complexity index is 1680. The lowest BCUT2D eigenvalue weighted by Crippen LogP contribution is -2.30. The van der Waals surface area contributed by atoms with E-state index in [4.69, 9.17) is 23.8 Å². The third-order valence-electron chi connectivity index (χ3n) is 10.3. The summed E-state index contributed by atoms with van der Waals surface area (Å²) in [5.41, 5.74) is 0. The number of aliphatic hydroxyl groups excluding tert-OH is 4. The van der Waals surface area contributed by atoms with Gasteiger partial charge in [-0.05, 0) is 64.2 Å². The van der Waals surface area contributed by atoms with E-state index in [0.29, 0.717) is 19.3 Å². The number of unbranched alkanes of at least 4 members (excludes halogenated alkanes) is 3. The van der Waals surface area contributed by atoms with Crippen LogP contribution in [-0.2, 0) is 46.6 Å². The molecule has 17 nitrogen and oxygen atoms in total. The van der Waals surface area contributed by atoms with E-state index in [-0.39, 0.29) is 50.7 Å².